The van der Waals surface area contributed by atoms with E-state index < -0.39 is 0 Å². The summed E-state index contributed by atoms with van der Waals surface area (Å²) in [6, 6.07) is 6.65. The molecule has 0 atom stereocenters. The summed E-state index contributed by atoms with van der Waals surface area (Å²) < 4.78 is 0. The van der Waals surface area contributed by atoms with Gasteiger partial charge in [0.15, 0.2) is 0 Å². The third-order valence-electron chi connectivity index (χ3n) is 4.04. The lowest BCUT2D eigenvalue weighted by atomic mass is 9.93. The summed E-state index contributed by atoms with van der Waals surface area (Å²) in [6.07, 6.45) is 6.36. The van der Waals surface area contributed by atoms with Gasteiger partial charge in [-0.25, -0.2) is 0 Å². The van der Waals surface area contributed by atoms with Crippen molar-refractivity contribution in [2.75, 3.05) is 0 Å². The molecule has 0 unspecified atom stereocenters. The average Bonchev–Trinajstić information content (AvgIpc) is 2.43. The van der Waals surface area contributed by atoms with E-state index in [1.165, 1.54) is 48.2 Å². The summed E-state index contributed by atoms with van der Waals surface area (Å²) >= 11 is 0. The fourth-order valence-corrected chi connectivity index (χ4v) is 2.70. The van der Waals surface area contributed by atoms with Gasteiger partial charge in [0.1, 0.15) is 0 Å². The van der Waals surface area contributed by atoms with E-state index in [-0.39, 0.29) is 0 Å². The summed E-state index contributed by atoms with van der Waals surface area (Å²) in [4.78, 5) is 5.02. The van der Waals surface area contributed by atoms with Crippen LogP contribution in [-0.4, -0.2) is 5.71 Å². The maximum Gasteiger partial charge on any atom is 0.0698 e. The molecular weight excluding hydrogens is 254 g/mol. The Labute approximate surface area is 131 Å². The molecule has 1 aromatic carbocycles. The highest BCUT2D eigenvalue weighted by atomic mass is 14.8. The lowest BCUT2D eigenvalue weighted by molar-refractivity contribution is 0.682. The Morgan fingerprint density at radius 2 is 1.52 bits per heavy atom. The Hall–Kier alpha value is -1.11. The molecule has 0 spiro atoms. The molecule has 1 rings (SSSR count). The summed E-state index contributed by atoms with van der Waals surface area (Å²) in [5, 5.41) is 0. The molecule has 0 saturated heterocycles. The zero-order valence-electron chi connectivity index (χ0n) is 14.9. The zero-order valence-corrected chi connectivity index (χ0v) is 14.9. The molecule has 0 bridgehead atoms. The van der Waals surface area contributed by atoms with Crippen LogP contribution in [-0.2, 0) is 0 Å². The lowest BCUT2D eigenvalue weighted by Gasteiger charge is -2.17. The molecule has 0 saturated carbocycles. The molecule has 1 heteroatoms. The van der Waals surface area contributed by atoms with Crippen LogP contribution in [0.15, 0.2) is 23.2 Å². The first-order valence-electron chi connectivity index (χ1n) is 8.64. The Morgan fingerprint density at radius 3 is 2.00 bits per heavy atom. The first-order valence-corrected chi connectivity index (χ1v) is 8.64. The molecule has 0 heterocycles. The van der Waals surface area contributed by atoms with E-state index in [0.717, 1.165) is 6.42 Å². The van der Waals surface area contributed by atoms with Crippen LogP contribution < -0.4 is 0 Å². The molecule has 0 aromatic heterocycles. The molecule has 0 fully saturated rings. The Morgan fingerprint density at radius 1 is 0.952 bits per heavy atom. The van der Waals surface area contributed by atoms with Crippen molar-refractivity contribution in [3.63, 3.8) is 0 Å². The predicted molar refractivity (Wildman–Crippen MR) is 96.1 cm³/mol. The molecule has 1 nitrogen and oxygen atoms in total. The fourth-order valence-electron chi connectivity index (χ4n) is 2.70. The molecule has 1 aromatic rings. The maximum absolute atomic E-state index is 5.02. The van der Waals surface area contributed by atoms with Crippen LogP contribution in [0.25, 0.3) is 0 Å². The van der Waals surface area contributed by atoms with Crippen LogP contribution in [0.3, 0.4) is 0 Å². The Bertz CT molecular complexity index is 429. The summed E-state index contributed by atoms with van der Waals surface area (Å²) in [7, 11) is 0. The van der Waals surface area contributed by atoms with Crippen molar-refractivity contribution in [3.05, 3.63) is 29.3 Å². The van der Waals surface area contributed by atoms with Crippen molar-refractivity contribution in [2.24, 2.45) is 4.99 Å². The summed E-state index contributed by atoms with van der Waals surface area (Å²) in [6.45, 7) is 13.5. The van der Waals surface area contributed by atoms with Crippen molar-refractivity contribution in [1.29, 1.82) is 0 Å². The Kier molecular flexibility index (Phi) is 7.71. The van der Waals surface area contributed by atoms with Gasteiger partial charge in [-0.1, -0.05) is 72.1 Å². The highest BCUT2D eigenvalue weighted by Gasteiger charge is 2.13. The number of benzene rings is 1. The van der Waals surface area contributed by atoms with E-state index >= 15 is 0 Å². The van der Waals surface area contributed by atoms with Gasteiger partial charge in [0, 0.05) is 5.71 Å². The van der Waals surface area contributed by atoms with E-state index in [1.54, 1.807) is 0 Å². The smallest absolute Gasteiger partial charge is 0.0698 e. The second-order valence-electron chi connectivity index (χ2n) is 6.75. The number of para-hydroxylation sites is 1. The number of aliphatic imine (C=N–C) groups is 1. The topological polar surface area (TPSA) is 12.4 Å². The highest BCUT2D eigenvalue weighted by Crippen LogP contribution is 2.35. The third-order valence-corrected chi connectivity index (χ3v) is 4.04. The minimum atomic E-state index is 0.523. The second kappa shape index (κ2) is 9.02. The first-order chi connectivity index (χ1) is 9.97. The van der Waals surface area contributed by atoms with Crippen molar-refractivity contribution < 1.29 is 0 Å². The molecule has 0 N–H and O–H groups in total. The van der Waals surface area contributed by atoms with Gasteiger partial charge in [0.2, 0.25) is 0 Å². The number of rotatable bonds is 8. The van der Waals surface area contributed by atoms with E-state index in [2.05, 4.69) is 59.7 Å². The number of unbranched alkanes of at least 4 members (excludes halogenated alkanes) is 3. The molecule has 21 heavy (non-hydrogen) atoms. The monoisotopic (exact) mass is 287 g/mol. The first kappa shape index (κ1) is 17.9. The van der Waals surface area contributed by atoms with Gasteiger partial charge >= 0.3 is 0 Å². The minimum Gasteiger partial charge on any atom is -0.258 e. The van der Waals surface area contributed by atoms with Crippen molar-refractivity contribution in [2.45, 2.75) is 85.5 Å². The van der Waals surface area contributed by atoms with Gasteiger partial charge in [-0.3, -0.25) is 4.99 Å². The normalized spacial score (nSPS) is 12.5. The number of hydrogen-bond acceptors (Lipinski definition) is 1. The van der Waals surface area contributed by atoms with E-state index in [9.17, 15) is 0 Å². The molecule has 0 aliphatic heterocycles. The van der Waals surface area contributed by atoms with Crippen LogP contribution in [0.2, 0.25) is 0 Å². The SMILES string of the molecule is CCCCCCC(C)=Nc1c(C(C)C)cccc1C(C)C. The van der Waals surface area contributed by atoms with Crippen molar-refractivity contribution >= 4 is 11.4 Å². The molecule has 0 aliphatic rings. The maximum atomic E-state index is 5.02. The summed E-state index contributed by atoms with van der Waals surface area (Å²) in [5.41, 5.74) is 5.28. The summed E-state index contributed by atoms with van der Waals surface area (Å²) in [5.74, 6) is 1.05. The van der Waals surface area contributed by atoms with E-state index in [1.807, 2.05) is 0 Å². The predicted octanol–water partition coefficient (Wildman–Crippen LogP) is 7.00. The van der Waals surface area contributed by atoms with Crippen LogP contribution >= 0.6 is 0 Å². The quantitative estimate of drug-likeness (QED) is 0.360. The zero-order chi connectivity index (χ0) is 15.8. The largest absolute Gasteiger partial charge is 0.258 e. The fraction of sp³-hybridized carbons (Fsp3) is 0.650. The van der Waals surface area contributed by atoms with Gasteiger partial charge in [0.25, 0.3) is 0 Å². The number of hydrogen-bond donors (Lipinski definition) is 0. The Balaban J connectivity index is 2.98. The van der Waals surface area contributed by atoms with Gasteiger partial charge in [-0.05, 0) is 42.7 Å². The molecular formula is C20H33N. The molecule has 0 radical (unpaired) electrons. The van der Waals surface area contributed by atoms with Crippen LogP contribution in [0.5, 0.6) is 0 Å². The lowest BCUT2D eigenvalue weighted by Crippen LogP contribution is -1.98. The standard InChI is InChI=1S/C20H33N/c1-7-8-9-10-12-17(6)21-20-18(15(2)3)13-11-14-19(20)16(4)5/h11,13-16H,7-10,12H2,1-6H3. The van der Waals surface area contributed by atoms with E-state index in [0.29, 0.717) is 11.8 Å². The van der Waals surface area contributed by atoms with E-state index in [4.69, 9.17) is 4.99 Å². The van der Waals surface area contributed by atoms with Crippen molar-refractivity contribution in [1.82, 2.24) is 0 Å². The second-order valence-corrected chi connectivity index (χ2v) is 6.75. The van der Waals surface area contributed by atoms with Crippen molar-refractivity contribution in [3.8, 4) is 0 Å². The minimum absolute atomic E-state index is 0.523. The highest BCUT2D eigenvalue weighted by molar-refractivity contribution is 5.85. The van der Waals surface area contributed by atoms with Gasteiger partial charge in [-0.15, -0.1) is 0 Å². The van der Waals surface area contributed by atoms with Gasteiger partial charge in [-0.2, -0.15) is 0 Å². The van der Waals surface area contributed by atoms with Crippen LogP contribution in [0, 0.1) is 0 Å². The van der Waals surface area contributed by atoms with Gasteiger partial charge in [0.05, 0.1) is 5.69 Å². The molecule has 0 aliphatic carbocycles. The third kappa shape index (κ3) is 5.65. The van der Waals surface area contributed by atoms with Crippen LogP contribution in [0.4, 0.5) is 5.69 Å². The van der Waals surface area contributed by atoms with Crippen LogP contribution in [0.1, 0.15) is 96.6 Å². The molecule has 0 amide bonds. The average molecular weight is 287 g/mol. The molecule has 118 valence electrons. The number of nitrogens with zero attached hydrogens (tertiary/aromatic N) is 1. The van der Waals surface area contributed by atoms with Gasteiger partial charge < -0.3 is 0 Å².